The van der Waals surface area contributed by atoms with Crippen LogP contribution in [0.4, 0.5) is 0 Å². The van der Waals surface area contributed by atoms with Gasteiger partial charge in [0.05, 0.1) is 25.4 Å². The van der Waals surface area contributed by atoms with Gasteiger partial charge in [-0.2, -0.15) is 0 Å². The molecule has 1 heterocycles. The van der Waals surface area contributed by atoms with Crippen molar-refractivity contribution in [1.82, 2.24) is 25.9 Å². The fraction of sp³-hybridized carbons (Fsp3) is 0.579. The number of imidazole rings is 1. The normalized spacial score (nSPS) is 15.4. The molecule has 0 aliphatic rings. The highest BCUT2D eigenvalue weighted by Gasteiger charge is 2.33. The largest absolute Gasteiger partial charge is 0.481 e. The molecule has 0 aliphatic heterocycles. The zero-order valence-electron chi connectivity index (χ0n) is 18.3. The van der Waals surface area contributed by atoms with Crippen LogP contribution in [0.3, 0.4) is 0 Å². The van der Waals surface area contributed by atoms with Crippen LogP contribution in [0.5, 0.6) is 0 Å². The molecule has 0 saturated carbocycles. The number of carboxylic acid groups (broad SMARTS) is 2. The third-order valence-corrected chi connectivity index (χ3v) is 4.93. The summed E-state index contributed by atoms with van der Waals surface area (Å²) < 4.78 is 0. The van der Waals surface area contributed by atoms with E-state index in [9.17, 15) is 24.0 Å². The molecule has 0 bridgehead atoms. The van der Waals surface area contributed by atoms with Crippen molar-refractivity contribution in [2.24, 2.45) is 11.7 Å². The Hall–Kier alpha value is -3.52. The van der Waals surface area contributed by atoms with E-state index in [1.54, 1.807) is 13.8 Å². The fourth-order valence-corrected chi connectivity index (χ4v) is 2.79. The molecule has 0 radical (unpaired) electrons. The zero-order chi connectivity index (χ0) is 25.1. The van der Waals surface area contributed by atoms with E-state index in [0.29, 0.717) is 12.1 Å². The molecule has 5 unspecified atom stereocenters. The summed E-state index contributed by atoms with van der Waals surface area (Å²) in [5.41, 5.74) is 6.51. The Morgan fingerprint density at radius 2 is 1.70 bits per heavy atom. The lowest BCUT2D eigenvalue weighted by molar-refractivity contribution is -0.144. The van der Waals surface area contributed by atoms with Crippen LogP contribution in [-0.2, 0) is 30.4 Å². The molecular weight excluding hydrogens is 440 g/mol. The minimum Gasteiger partial charge on any atom is -0.481 e. The zero-order valence-corrected chi connectivity index (χ0v) is 18.3. The minimum atomic E-state index is -1.68. The molecule has 9 N–H and O–H groups in total. The first kappa shape index (κ1) is 27.5. The number of rotatable bonds is 14. The number of carboxylic acids is 2. The Bertz CT molecular complexity index is 830. The molecule has 1 rings (SSSR count). The first-order chi connectivity index (χ1) is 15.5. The number of hydrogen-bond acceptors (Lipinski definition) is 8. The molecular formula is C19H30N6O8. The number of nitrogens with zero attached hydrogens (tertiary/aromatic N) is 1. The highest BCUT2D eigenvalue weighted by molar-refractivity contribution is 5.95. The molecule has 184 valence electrons. The second-order valence-electron chi connectivity index (χ2n) is 7.50. The number of aliphatic carboxylic acids is 2. The number of hydrogen-bond donors (Lipinski definition) is 8. The van der Waals surface area contributed by atoms with Crippen molar-refractivity contribution >= 4 is 29.7 Å². The molecule has 0 aromatic carbocycles. The molecule has 1 aromatic heterocycles. The van der Waals surface area contributed by atoms with Gasteiger partial charge in [-0.15, -0.1) is 0 Å². The number of aliphatic hydroxyl groups is 1. The number of carbonyl (C=O) groups is 5. The molecule has 0 aliphatic carbocycles. The van der Waals surface area contributed by atoms with Crippen molar-refractivity contribution in [3.8, 4) is 0 Å². The van der Waals surface area contributed by atoms with Gasteiger partial charge in [-0.1, -0.05) is 20.3 Å². The predicted molar refractivity (Wildman–Crippen MR) is 112 cm³/mol. The van der Waals surface area contributed by atoms with Gasteiger partial charge in [-0.05, 0) is 5.92 Å². The molecule has 0 spiro atoms. The van der Waals surface area contributed by atoms with Gasteiger partial charge < -0.3 is 42.0 Å². The van der Waals surface area contributed by atoms with Crippen LogP contribution in [0.15, 0.2) is 12.5 Å². The van der Waals surface area contributed by atoms with Crippen molar-refractivity contribution < 1.29 is 39.3 Å². The topological polar surface area (TPSA) is 237 Å². The van der Waals surface area contributed by atoms with E-state index in [-0.39, 0.29) is 6.42 Å². The van der Waals surface area contributed by atoms with Crippen molar-refractivity contribution in [3.05, 3.63) is 18.2 Å². The standard InChI is InChI=1S/C19H30N6O8/c1-3-9(2)15(25-16(29)11(20)4-10-6-21-8-22-10)18(31)23-12(5-14(27)28)17(30)24-13(7-26)19(32)33/h6,8-9,11-13,15,26H,3-5,7,20H2,1-2H3,(H,21,22)(H,23,31)(H,24,30)(H,25,29)(H,27,28)(H,32,33). The Balaban J connectivity index is 2.95. The average molecular weight is 470 g/mol. The summed E-state index contributed by atoms with van der Waals surface area (Å²) in [6.07, 6.45) is 2.65. The van der Waals surface area contributed by atoms with Crippen molar-refractivity contribution in [1.29, 1.82) is 0 Å². The number of aliphatic hydroxyl groups excluding tert-OH is 1. The van der Waals surface area contributed by atoms with E-state index in [1.807, 2.05) is 5.32 Å². The van der Waals surface area contributed by atoms with Crippen molar-refractivity contribution in [2.75, 3.05) is 6.61 Å². The number of H-pyrrole nitrogens is 1. The minimum absolute atomic E-state index is 0.127. The number of aromatic nitrogens is 2. The Morgan fingerprint density at radius 3 is 2.18 bits per heavy atom. The van der Waals surface area contributed by atoms with Crippen molar-refractivity contribution in [3.63, 3.8) is 0 Å². The quantitative estimate of drug-likeness (QED) is 0.140. The maximum atomic E-state index is 12.9. The molecule has 33 heavy (non-hydrogen) atoms. The van der Waals surface area contributed by atoms with Crippen LogP contribution in [0, 0.1) is 5.92 Å². The molecule has 3 amide bonds. The Labute approximate surface area is 189 Å². The highest BCUT2D eigenvalue weighted by Crippen LogP contribution is 2.10. The Morgan fingerprint density at radius 1 is 1.06 bits per heavy atom. The van der Waals surface area contributed by atoms with E-state index in [0.717, 1.165) is 0 Å². The van der Waals surface area contributed by atoms with Gasteiger partial charge in [0.25, 0.3) is 0 Å². The van der Waals surface area contributed by atoms with Gasteiger partial charge in [0.15, 0.2) is 0 Å². The second-order valence-corrected chi connectivity index (χ2v) is 7.50. The lowest BCUT2D eigenvalue weighted by Gasteiger charge is -2.27. The Kier molecular flexibility index (Phi) is 10.9. The molecule has 14 nitrogen and oxygen atoms in total. The molecule has 0 saturated heterocycles. The third-order valence-electron chi connectivity index (χ3n) is 4.93. The monoisotopic (exact) mass is 470 g/mol. The van der Waals surface area contributed by atoms with E-state index in [4.69, 9.17) is 21.1 Å². The first-order valence-corrected chi connectivity index (χ1v) is 10.2. The van der Waals surface area contributed by atoms with Gasteiger partial charge in [0, 0.05) is 18.3 Å². The van der Waals surface area contributed by atoms with Gasteiger partial charge >= 0.3 is 11.9 Å². The molecule has 14 heteroatoms. The number of nitrogens with one attached hydrogen (secondary N) is 4. The lowest BCUT2D eigenvalue weighted by Crippen LogP contribution is -2.59. The maximum Gasteiger partial charge on any atom is 0.328 e. The number of amides is 3. The van der Waals surface area contributed by atoms with Crippen molar-refractivity contribution in [2.45, 2.75) is 57.3 Å². The first-order valence-electron chi connectivity index (χ1n) is 10.2. The smallest absolute Gasteiger partial charge is 0.328 e. The summed E-state index contributed by atoms with van der Waals surface area (Å²) in [5, 5.41) is 33.8. The molecule has 1 aromatic rings. The third kappa shape index (κ3) is 8.86. The SMILES string of the molecule is CCC(C)C(NC(=O)C(N)Cc1cnc[nH]1)C(=O)NC(CC(=O)O)C(=O)NC(CO)C(=O)O. The van der Waals surface area contributed by atoms with Crippen LogP contribution < -0.4 is 21.7 Å². The summed E-state index contributed by atoms with van der Waals surface area (Å²) in [4.78, 5) is 66.6. The van der Waals surface area contributed by atoms with Gasteiger partial charge in [0.1, 0.15) is 18.1 Å². The van der Waals surface area contributed by atoms with Gasteiger partial charge in [-0.25, -0.2) is 9.78 Å². The van der Waals surface area contributed by atoms with E-state index in [1.165, 1.54) is 12.5 Å². The van der Waals surface area contributed by atoms with Crippen LogP contribution in [-0.4, -0.2) is 85.7 Å². The highest BCUT2D eigenvalue weighted by atomic mass is 16.4. The van der Waals surface area contributed by atoms with Gasteiger partial charge in [-0.3, -0.25) is 19.2 Å². The fourth-order valence-electron chi connectivity index (χ4n) is 2.79. The van der Waals surface area contributed by atoms with Crippen LogP contribution in [0.2, 0.25) is 0 Å². The van der Waals surface area contributed by atoms with Crippen LogP contribution in [0.25, 0.3) is 0 Å². The number of carbonyl (C=O) groups excluding carboxylic acids is 3. The molecule has 5 atom stereocenters. The second kappa shape index (κ2) is 13.1. The summed E-state index contributed by atoms with van der Waals surface area (Å²) in [6.45, 7) is 2.50. The molecule has 0 fully saturated rings. The van der Waals surface area contributed by atoms with Crippen LogP contribution in [0.1, 0.15) is 32.4 Å². The lowest BCUT2D eigenvalue weighted by atomic mass is 9.97. The number of nitrogens with two attached hydrogens (primary N) is 1. The summed E-state index contributed by atoms with van der Waals surface area (Å²) in [5.74, 6) is -5.98. The number of aromatic amines is 1. The van der Waals surface area contributed by atoms with Crippen LogP contribution >= 0.6 is 0 Å². The van der Waals surface area contributed by atoms with E-state index >= 15 is 0 Å². The summed E-state index contributed by atoms with van der Waals surface area (Å²) in [6, 6.07) is -5.49. The van der Waals surface area contributed by atoms with E-state index in [2.05, 4.69) is 20.6 Å². The summed E-state index contributed by atoms with van der Waals surface area (Å²) >= 11 is 0. The average Bonchev–Trinajstić information content (AvgIpc) is 3.26. The van der Waals surface area contributed by atoms with Gasteiger partial charge in [0.2, 0.25) is 17.7 Å². The predicted octanol–water partition coefficient (Wildman–Crippen LogP) is -2.67. The summed E-state index contributed by atoms with van der Waals surface area (Å²) in [7, 11) is 0. The van der Waals surface area contributed by atoms with E-state index < -0.39 is 72.8 Å². The maximum absolute atomic E-state index is 12.9.